The van der Waals surface area contributed by atoms with Crippen molar-refractivity contribution in [2.45, 2.75) is 19.5 Å². The first-order valence-corrected chi connectivity index (χ1v) is 12.6. The van der Waals surface area contributed by atoms with Crippen molar-refractivity contribution >= 4 is 52.4 Å². The molecule has 39 heavy (non-hydrogen) atoms. The van der Waals surface area contributed by atoms with Gasteiger partial charge in [0.15, 0.2) is 0 Å². The fraction of sp³-hybridized carbons (Fsp3) is 0.241. The summed E-state index contributed by atoms with van der Waals surface area (Å²) in [5, 5.41) is 15.8. The minimum Gasteiger partial charge on any atom is -0.355 e. The van der Waals surface area contributed by atoms with E-state index in [1.165, 1.54) is 0 Å². The van der Waals surface area contributed by atoms with Crippen molar-refractivity contribution < 1.29 is 0 Å². The second-order valence-corrected chi connectivity index (χ2v) is 9.33. The van der Waals surface area contributed by atoms with Gasteiger partial charge in [-0.25, -0.2) is 4.98 Å². The second kappa shape index (κ2) is 12.3. The Kier molecular flexibility index (Phi) is 8.87. The highest BCUT2D eigenvalue weighted by Gasteiger charge is 2.26. The monoisotopic (exact) mass is 561 g/mol. The molecule has 8 nitrogen and oxygen atoms in total. The van der Waals surface area contributed by atoms with Gasteiger partial charge >= 0.3 is 0 Å². The van der Waals surface area contributed by atoms with Crippen LogP contribution in [0.4, 0.5) is 5.82 Å². The molecule has 5 aromatic rings. The SMILES string of the molecule is Cl.Cl.N#Cc1c(N2CCCNCC2)n(Cc2ccccc2)c2c(=O)n(Cc3nccc4ccccc34)cnc12. The van der Waals surface area contributed by atoms with Crippen molar-refractivity contribution in [3.05, 3.63) is 100 Å². The third-order valence-corrected chi connectivity index (χ3v) is 7.01. The van der Waals surface area contributed by atoms with Crippen LogP contribution in [0.1, 0.15) is 23.2 Å². The summed E-state index contributed by atoms with van der Waals surface area (Å²) in [7, 11) is 0. The summed E-state index contributed by atoms with van der Waals surface area (Å²) in [5.41, 5.74) is 3.06. The third kappa shape index (κ3) is 5.34. The van der Waals surface area contributed by atoms with Crippen LogP contribution < -0.4 is 15.8 Å². The molecule has 2 aromatic carbocycles. The van der Waals surface area contributed by atoms with E-state index in [4.69, 9.17) is 0 Å². The zero-order valence-electron chi connectivity index (χ0n) is 21.3. The molecule has 3 aromatic heterocycles. The number of aromatic nitrogens is 4. The van der Waals surface area contributed by atoms with Gasteiger partial charge in [-0.2, -0.15) is 5.26 Å². The molecule has 0 bridgehead atoms. The summed E-state index contributed by atoms with van der Waals surface area (Å²) in [4.78, 5) is 25.5. The molecule has 200 valence electrons. The van der Waals surface area contributed by atoms with Gasteiger partial charge in [0.2, 0.25) is 0 Å². The summed E-state index contributed by atoms with van der Waals surface area (Å²) in [6, 6.07) is 22.4. The molecule has 1 fully saturated rings. The Morgan fingerprint density at radius 2 is 1.72 bits per heavy atom. The molecule has 0 aliphatic carbocycles. The van der Waals surface area contributed by atoms with E-state index in [1.54, 1.807) is 17.1 Å². The maximum Gasteiger partial charge on any atom is 0.278 e. The van der Waals surface area contributed by atoms with E-state index in [0.29, 0.717) is 29.7 Å². The summed E-state index contributed by atoms with van der Waals surface area (Å²) in [6.45, 7) is 4.09. The maximum atomic E-state index is 14.0. The van der Waals surface area contributed by atoms with Crippen LogP contribution in [-0.2, 0) is 13.1 Å². The number of hydrogen-bond donors (Lipinski definition) is 1. The van der Waals surface area contributed by atoms with E-state index in [0.717, 1.165) is 60.4 Å². The Bertz CT molecular complexity index is 1680. The number of nitrogens with one attached hydrogen (secondary N) is 1. The van der Waals surface area contributed by atoms with Crippen LogP contribution >= 0.6 is 24.8 Å². The highest BCUT2D eigenvalue weighted by Crippen LogP contribution is 2.31. The molecule has 1 aliphatic heterocycles. The van der Waals surface area contributed by atoms with Gasteiger partial charge in [0.05, 0.1) is 18.6 Å². The van der Waals surface area contributed by atoms with E-state index in [1.807, 2.05) is 65.2 Å². The van der Waals surface area contributed by atoms with E-state index in [2.05, 4.69) is 26.3 Å². The Morgan fingerprint density at radius 1 is 0.923 bits per heavy atom. The number of hydrogen-bond acceptors (Lipinski definition) is 6. The molecule has 1 N–H and O–H groups in total. The number of fused-ring (bicyclic) bond motifs is 2. The Morgan fingerprint density at radius 3 is 2.54 bits per heavy atom. The number of anilines is 1. The largest absolute Gasteiger partial charge is 0.355 e. The van der Waals surface area contributed by atoms with Gasteiger partial charge in [-0.05, 0) is 30.0 Å². The first-order valence-electron chi connectivity index (χ1n) is 12.6. The van der Waals surface area contributed by atoms with Crippen molar-refractivity contribution in [1.82, 2.24) is 24.4 Å². The molecule has 1 saturated heterocycles. The number of pyridine rings is 1. The van der Waals surface area contributed by atoms with Crippen molar-refractivity contribution in [3.8, 4) is 6.07 Å². The Labute approximate surface area is 238 Å². The lowest BCUT2D eigenvalue weighted by molar-refractivity contribution is 0.713. The molecule has 0 radical (unpaired) electrons. The zero-order valence-corrected chi connectivity index (χ0v) is 22.9. The van der Waals surface area contributed by atoms with Crippen molar-refractivity contribution in [2.24, 2.45) is 0 Å². The number of rotatable bonds is 5. The van der Waals surface area contributed by atoms with Crippen LogP contribution in [0.2, 0.25) is 0 Å². The van der Waals surface area contributed by atoms with Gasteiger partial charge < -0.3 is 14.8 Å². The average Bonchev–Trinajstić information content (AvgIpc) is 3.06. The topological polar surface area (TPSA) is 91.8 Å². The highest BCUT2D eigenvalue weighted by atomic mass is 35.5. The van der Waals surface area contributed by atoms with Gasteiger partial charge in [0.25, 0.3) is 5.56 Å². The van der Waals surface area contributed by atoms with E-state index in [-0.39, 0.29) is 30.4 Å². The molecule has 4 heterocycles. The van der Waals surface area contributed by atoms with Crippen molar-refractivity contribution in [2.75, 3.05) is 31.1 Å². The summed E-state index contributed by atoms with van der Waals surface area (Å²) < 4.78 is 3.60. The maximum absolute atomic E-state index is 14.0. The third-order valence-electron chi connectivity index (χ3n) is 7.01. The van der Waals surface area contributed by atoms with Gasteiger partial charge in [0.1, 0.15) is 28.5 Å². The average molecular weight is 563 g/mol. The van der Waals surface area contributed by atoms with Crippen LogP contribution in [0.15, 0.2) is 78.0 Å². The molecule has 0 unspecified atom stereocenters. The first-order chi connectivity index (χ1) is 18.2. The number of benzene rings is 2. The van der Waals surface area contributed by atoms with E-state index in [9.17, 15) is 10.1 Å². The Hall–Kier alpha value is -3.90. The van der Waals surface area contributed by atoms with Crippen LogP contribution in [-0.4, -0.2) is 45.3 Å². The van der Waals surface area contributed by atoms with Crippen LogP contribution in [0.25, 0.3) is 21.8 Å². The standard InChI is InChI=1S/C29H27N7O.2ClH/c30-17-24-26-27(29(37)35(20-33-26)19-25-23-10-5-4-9-22(23)11-13-32-25)36(18-21-7-2-1-3-8-21)28(24)34-15-6-12-31-14-16-34;;/h1-5,7-11,13,20,31H,6,12,14-16,18-19H2;2*1H. The predicted molar refractivity (Wildman–Crippen MR) is 159 cm³/mol. The van der Waals surface area contributed by atoms with Crippen LogP contribution in [0.3, 0.4) is 0 Å². The minimum atomic E-state index is -0.175. The quantitative estimate of drug-likeness (QED) is 0.343. The number of nitrogens with zero attached hydrogens (tertiary/aromatic N) is 6. The second-order valence-electron chi connectivity index (χ2n) is 9.33. The number of halogens is 2. The molecule has 10 heteroatoms. The first kappa shape index (κ1) is 28.1. The Balaban J connectivity index is 0.00000176. The molecule has 6 rings (SSSR count). The van der Waals surface area contributed by atoms with Crippen LogP contribution in [0, 0.1) is 11.3 Å². The normalized spacial score (nSPS) is 13.4. The van der Waals surface area contributed by atoms with E-state index >= 15 is 0 Å². The molecule has 0 spiro atoms. The van der Waals surface area contributed by atoms with Crippen molar-refractivity contribution in [3.63, 3.8) is 0 Å². The molecular formula is C29H29Cl2N7O. The van der Waals surface area contributed by atoms with Crippen LogP contribution in [0.5, 0.6) is 0 Å². The van der Waals surface area contributed by atoms with Gasteiger partial charge in [0, 0.05) is 37.8 Å². The van der Waals surface area contributed by atoms with Crippen molar-refractivity contribution in [1.29, 1.82) is 5.26 Å². The molecule has 1 aliphatic rings. The molecule has 0 amide bonds. The molecular weight excluding hydrogens is 533 g/mol. The summed E-state index contributed by atoms with van der Waals surface area (Å²) in [5.74, 6) is 0.774. The minimum absolute atomic E-state index is 0. The number of nitriles is 1. The molecule has 0 saturated carbocycles. The van der Waals surface area contributed by atoms with E-state index < -0.39 is 0 Å². The predicted octanol–water partition coefficient (Wildman–Crippen LogP) is 4.36. The van der Waals surface area contributed by atoms with Gasteiger partial charge in [-0.1, -0.05) is 54.6 Å². The van der Waals surface area contributed by atoms with Gasteiger partial charge in [-0.15, -0.1) is 24.8 Å². The smallest absolute Gasteiger partial charge is 0.278 e. The highest BCUT2D eigenvalue weighted by molar-refractivity contribution is 5.89. The summed E-state index contributed by atoms with van der Waals surface area (Å²) >= 11 is 0. The van der Waals surface area contributed by atoms with Gasteiger partial charge in [-0.3, -0.25) is 14.3 Å². The lowest BCUT2D eigenvalue weighted by Gasteiger charge is -2.24. The molecule has 0 atom stereocenters. The zero-order chi connectivity index (χ0) is 25.2. The fourth-order valence-corrected chi connectivity index (χ4v) is 5.24. The summed E-state index contributed by atoms with van der Waals surface area (Å²) in [6.07, 6.45) is 4.28. The lowest BCUT2D eigenvalue weighted by atomic mass is 10.1. The fourth-order valence-electron chi connectivity index (χ4n) is 5.24. The lowest BCUT2D eigenvalue weighted by Crippen LogP contribution is -2.31.